The molecule has 0 fully saturated rings. The molecule has 0 spiro atoms. The number of amides is 1. The number of rotatable bonds is 9. The van der Waals surface area contributed by atoms with Crippen LogP contribution in [-0.2, 0) is 4.79 Å². The summed E-state index contributed by atoms with van der Waals surface area (Å²) in [5.41, 5.74) is 0.764. The lowest BCUT2D eigenvalue weighted by molar-refractivity contribution is -0.121. The number of carbonyl (C=O) groups is 1. The molecular weight excluding hydrogens is 356 g/mol. The van der Waals surface area contributed by atoms with Gasteiger partial charge in [-0.2, -0.15) is 0 Å². The summed E-state index contributed by atoms with van der Waals surface area (Å²) in [5, 5.41) is 9.42. The summed E-state index contributed by atoms with van der Waals surface area (Å²) in [6.45, 7) is 15.7. The molecule has 7 nitrogen and oxygen atoms in total. The molecule has 1 atom stereocenters. The molecular formula is C21H36N4O3. The standard InChI is InChI=1S/C21H36N4O3/c1-8-22-20(23-14-19(26)25-21(5,6)7)24-15(4)16-11-12-17(27-9-2)18(13-16)28-10-3/h11-13,15H,8-10,14H2,1-7H3,(H,25,26)(H2,22,23,24). The minimum absolute atomic E-state index is 0.0293. The van der Waals surface area contributed by atoms with Crippen molar-refractivity contribution in [1.29, 1.82) is 0 Å². The minimum atomic E-state index is -0.274. The minimum Gasteiger partial charge on any atom is -0.490 e. The molecule has 3 N–H and O–H groups in total. The van der Waals surface area contributed by atoms with Gasteiger partial charge in [0.1, 0.15) is 6.54 Å². The highest BCUT2D eigenvalue weighted by atomic mass is 16.5. The van der Waals surface area contributed by atoms with E-state index in [0.29, 0.717) is 25.7 Å². The van der Waals surface area contributed by atoms with Crippen LogP contribution in [0.3, 0.4) is 0 Å². The van der Waals surface area contributed by atoms with Gasteiger partial charge in [-0.25, -0.2) is 4.99 Å². The smallest absolute Gasteiger partial charge is 0.242 e. The van der Waals surface area contributed by atoms with Gasteiger partial charge < -0.3 is 25.4 Å². The molecule has 28 heavy (non-hydrogen) atoms. The largest absolute Gasteiger partial charge is 0.490 e. The third-order valence-corrected chi connectivity index (χ3v) is 3.66. The second-order valence-electron chi connectivity index (χ2n) is 7.43. The molecule has 0 heterocycles. The Hall–Kier alpha value is -2.44. The molecule has 1 aromatic carbocycles. The maximum atomic E-state index is 12.0. The highest BCUT2D eigenvalue weighted by Crippen LogP contribution is 2.30. The van der Waals surface area contributed by atoms with Gasteiger partial charge in [0.2, 0.25) is 5.91 Å². The van der Waals surface area contributed by atoms with Crippen LogP contribution in [0, 0.1) is 0 Å². The van der Waals surface area contributed by atoms with Gasteiger partial charge in [-0.1, -0.05) is 6.07 Å². The van der Waals surface area contributed by atoms with Crippen LogP contribution in [0.2, 0.25) is 0 Å². The number of nitrogens with zero attached hydrogens (tertiary/aromatic N) is 1. The van der Waals surface area contributed by atoms with E-state index in [0.717, 1.165) is 17.1 Å². The summed E-state index contributed by atoms with van der Waals surface area (Å²) in [6, 6.07) is 5.87. The quantitative estimate of drug-likeness (QED) is 0.444. The van der Waals surface area contributed by atoms with Crippen LogP contribution in [0.25, 0.3) is 0 Å². The lowest BCUT2D eigenvalue weighted by Gasteiger charge is -2.21. The number of aliphatic imine (C=N–C) groups is 1. The van der Waals surface area contributed by atoms with E-state index < -0.39 is 0 Å². The van der Waals surface area contributed by atoms with E-state index in [1.54, 1.807) is 0 Å². The van der Waals surface area contributed by atoms with E-state index in [1.807, 2.05) is 66.7 Å². The molecule has 158 valence electrons. The third-order valence-electron chi connectivity index (χ3n) is 3.66. The highest BCUT2D eigenvalue weighted by molar-refractivity contribution is 5.85. The predicted molar refractivity (Wildman–Crippen MR) is 114 cm³/mol. The maximum Gasteiger partial charge on any atom is 0.242 e. The number of ether oxygens (including phenoxy) is 2. The van der Waals surface area contributed by atoms with E-state index in [9.17, 15) is 4.79 Å². The van der Waals surface area contributed by atoms with Crippen LogP contribution in [0.15, 0.2) is 23.2 Å². The van der Waals surface area contributed by atoms with E-state index in [4.69, 9.17) is 9.47 Å². The lowest BCUT2D eigenvalue weighted by atomic mass is 10.1. The van der Waals surface area contributed by atoms with Crippen LogP contribution < -0.4 is 25.4 Å². The monoisotopic (exact) mass is 392 g/mol. The molecule has 0 aliphatic carbocycles. The number of hydrogen-bond donors (Lipinski definition) is 3. The second kappa shape index (κ2) is 11.4. The Labute approximate surface area is 169 Å². The fourth-order valence-corrected chi connectivity index (χ4v) is 2.55. The Morgan fingerprint density at radius 2 is 1.75 bits per heavy atom. The molecule has 0 radical (unpaired) electrons. The normalized spacial score (nSPS) is 12.9. The van der Waals surface area contributed by atoms with E-state index in [2.05, 4.69) is 20.9 Å². The number of hydrogen-bond acceptors (Lipinski definition) is 4. The number of benzene rings is 1. The van der Waals surface area contributed by atoms with Crippen LogP contribution in [0.5, 0.6) is 11.5 Å². The van der Waals surface area contributed by atoms with Crippen molar-refractivity contribution in [2.75, 3.05) is 26.3 Å². The van der Waals surface area contributed by atoms with Gasteiger partial charge in [0, 0.05) is 12.1 Å². The molecule has 0 saturated heterocycles. The van der Waals surface area contributed by atoms with Gasteiger partial charge >= 0.3 is 0 Å². The van der Waals surface area contributed by atoms with E-state index >= 15 is 0 Å². The van der Waals surface area contributed by atoms with Crippen molar-refractivity contribution in [3.8, 4) is 11.5 Å². The topological polar surface area (TPSA) is 84.0 Å². The fourth-order valence-electron chi connectivity index (χ4n) is 2.55. The molecule has 1 aromatic rings. The van der Waals surface area contributed by atoms with Crippen molar-refractivity contribution in [3.05, 3.63) is 23.8 Å². The van der Waals surface area contributed by atoms with E-state index in [-0.39, 0.29) is 24.0 Å². The van der Waals surface area contributed by atoms with Gasteiger partial charge in [0.25, 0.3) is 0 Å². The molecule has 0 saturated carbocycles. The zero-order chi connectivity index (χ0) is 21.2. The van der Waals surface area contributed by atoms with Crippen molar-refractivity contribution in [1.82, 2.24) is 16.0 Å². The van der Waals surface area contributed by atoms with Gasteiger partial charge in [-0.3, -0.25) is 4.79 Å². The van der Waals surface area contributed by atoms with Crippen molar-refractivity contribution < 1.29 is 14.3 Å². The molecule has 0 aromatic heterocycles. The summed E-state index contributed by atoms with van der Waals surface area (Å²) in [6.07, 6.45) is 0. The molecule has 0 aliphatic heterocycles. The Morgan fingerprint density at radius 3 is 2.32 bits per heavy atom. The summed E-state index contributed by atoms with van der Waals surface area (Å²) >= 11 is 0. The molecule has 7 heteroatoms. The number of nitrogens with one attached hydrogen (secondary N) is 3. The summed E-state index contributed by atoms with van der Waals surface area (Å²) in [7, 11) is 0. The Bertz CT molecular complexity index is 654. The average molecular weight is 393 g/mol. The third kappa shape index (κ3) is 8.50. The molecule has 0 bridgehead atoms. The second-order valence-corrected chi connectivity index (χ2v) is 7.43. The first-order valence-electron chi connectivity index (χ1n) is 9.95. The summed E-state index contributed by atoms with van der Waals surface area (Å²) in [4.78, 5) is 16.4. The zero-order valence-corrected chi connectivity index (χ0v) is 18.3. The first kappa shape index (κ1) is 23.6. The lowest BCUT2D eigenvalue weighted by Crippen LogP contribution is -2.43. The van der Waals surface area contributed by atoms with Gasteiger partial charge in [-0.15, -0.1) is 0 Å². The van der Waals surface area contributed by atoms with Crippen LogP contribution >= 0.6 is 0 Å². The molecule has 0 aliphatic rings. The predicted octanol–water partition coefficient (Wildman–Crippen LogP) is 3.01. The summed E-state index contributed by atoms with van der Waals surface area (Å²) in [5.74, 6) is 1.93. The number of carbonyl (C=O) groups excluding carboxylic acids is 1. The van der Waals surface area contributed by atoms with E-state index in [1.165, 1.54) is 0 Å². The van der Waals surface area contributed by atoms with Crippen LogP contribution in [-0.4, -0.2) is 43.7 Å². The van der Waals surface area contributed by atoms with Crippen LogP contribution in [0.1, 0.15) is 60.1 Å². The summed E-state index contributed by atoms with van der Waals surface area (Å²) < 4.78 is 11.3. The van der Waals surface area contributed by atoms with Crippen LogP contribution in [0.4, 0.5) is 0 Å². The van der Waals surface area contributed by atoms with Crippen molar-refractivity contribution in [2.24, 2.45) is 4.99 Å². The number of guanidine groups is 1. The molecule has 1 amide bonds. The first-order chi connectivity index (χ1) is 13.2. The average Bonchev–Trinajstić information content (AvgIpc) is 2.60. The maximum absolute atomic E-state index is 12.0. The Balaban J connectivity index is 2.87. The highest BCUT2D eigenvalue weighted by Gasteiger charge is 2.15. The fraction of sp³-hybridized carbons (Fsp3) is 0.619. The Morgan fingerprint density at radius 1 is 1.11 bits per heavy atom. The van der Waals surface area contributed by atoms with Gasteiger partial charge in [-0.05, 0) is 66.2 Å². The Kier molecular flexibility index (Phi) is 9.62. The first-order valence-corrected chi connectivity index (χ1v) is 9.95. The van der Waals surface area contributed by atoms with Gasteiger partial charge in [0.15, 0.2) is 17.5 Å². The van der Waals surface area contributed by atoms with Gasteiger partial charge in [0.05, 0.1) is 19.3 Å². The van der Waals surface area contributed by atoms with Crippen molar-refractivity contribution in [2.45, 2.75) is 60.0 Å². The zero-order valence-electron chi connectivity index (χ0n) is 18.3. The van der Waals surface area contributed by atoms with Crippen molar-refractivity contribution >= 4 is 11.9 Å². The SMILES string of the molecule is CCNC(=NCC(=O)NC(C)(C)C)NC(C)c1ccc(OCC)c(OCC)c1. The van der Waals surface area contributed by atoms with Crippen molar-refractivity contribution in [3.63, 3.8) is 0 Å². The molecule has 1 rings (SSSR count). The molecule has 1 unspecified atom stereocenters.